The van der Waals surface area contributed by atoms with E-state index in [4.69, 9.17) is 4.74 Å². The summed E-state index contributed by atoms with van der Waals surface area (Å²) in [7, 11) is 1.79. The second-order valence-corrected chi connectivity index (χ2v) is 5.90. The van der Waals surface area contributed by atoms with Gasteiger partial charge in [-0.05, 0) is 31.6 Å². The summed E-state index contributed by atoms with van der Waals surface area (Å²) in [6.07, 6.45) is 8.22. The van der Waals surface area contributed by atoms with Crippen LogP contribution in [0.3, 0.4) is 0 Å². The first-order chi connectivity index (χ1) is 7.88. The van der Waals surface area contributed by atoms with Gasteiger partial charge in [0.2, 0.25) is 0 Å². The molecule has 0 aromatic heterocycles. The van der Waals surface area contributed by atoms with Gasteiger partial charge in [0.15, 0.2) is 0 Å². The van der Waals surface area contributed by atoms with Crippen LogP contribution in [0.5, 0.6) is 0 Å². The Kier molecular flexibility index (Phi) is 8.34. The third kappa shape index (κ3) is 5.55. The molecule has 0 heterocycles. The summed E-state index contributed by atoms with van der Waals surface area (Å²) >= 11 is 2.16. The van der Waals surface area contributed by atoms with E-state index < -0.39 is 0 Å². The zero-order valence-electron chi connectivity index (χ0n) is 10.8. The molecule has 2 atom stereocenters. The number of ether oxygens (including phenoxy) is 1. The van der Waals surface area contributed by atoms with Crippen LogP contribution >= 0.6 is 11.8 Å². The lowest BCUT2D eigenvalue weighted by molar-refractivity contribution is 0.200. The maximum Gasteiger partial charge on any atom is 0.0470 e. The van der Waals surface area contributed by atoms with Crippen molar-refractivity contribution in [3.05, 3.63) is 0 Å². The van der Waals surface area contributed by atoms with Crippen molar-refractivity contribution in [1.29, 1.82) is 0 Å². The van der Waals surface area contributed by atoms with Crippen molar-refractivity contribution in [2.24, 2.45) is 0 Å². The molecule has 0 bridgehead atoms. The van der Waals surface area contributed by atoms with E-state index in [0.717, 1.165) is 24.4 Å². The van der Waals surface area contributed by atoms with E-state index in [9.17, 15) is 0 Å². The molecule has 0 spiro atoms. The summed E-state index contributed by atoms with van der Waals surface area (Å²) in [5.74, 6) is 1.25. The number of hydrogen-bond donors (Lipinski definition) is 1. The SMILES string of the molecule is CCNC1CCCCCC1SCCCOC. The molecule has 0 aliphatic heterocycles. The minimum Gasteiger partial charge on any atom is -0.385 e. The summed E-state index contributed by atoms with van der Waals surface area (Å²) in [6.45, 7) is 4.24. The molecule has 96 valence electrons. The first-order valence-corrected chi connectivity index (χ1v) is 7.77. The number of thioether (sulfide) groups is 1. The fourth-order valence-electron chi connectivity index (χ4n) is 2.41. The second-order valence-electron chi connectivity index (χ2n) is 4.56. The molecule has 2 nitrogen and oxygen atoms in total. The maximum atomic E-state index is 5.10. The van der Waals surface area contributed by atoms with Gasteiger partial charge in [-0.1, -0.05) is 26.2 Å². The van der Waals surface area contributed by atoms with Crippen LogP contribution in [-0.2, 0) is 4.74 Å². The van der Waals surface area contributed by atoms with E-state index in [1.54, 1.807) is 7.11 Å². The minimum atomic E-state index is 0.750. The molecular weight excluding hydrogens is 218 g/mol. The average molecular weight is 245 g/mol. The molecule has 3 heteroatoms. The summed E-state index contributed by atoms with van der Waals surface area (Å²) in [4.78, 5) is 0. The standard InChI is InChI=1S/C13H27NOS/c1-3-14-12-8-5-4-6-9-13(12)16-11-7-10-15-2/h12-14H,3-11H2,1-2H3. The topological polar surface area (TPSA) is 21.3 Å². The predicted octanol–water partition coefficient (Wildman–Crippen LogP) is 3.07. The monoisotopic (exact) mass is 245 g/mol. The fraction of sp³-hybridized carbons (Fsp3) is 1.00. The van der Waals surface area contributed by atoms with Crippen molar-refractivity contribution >= 4 is 11.8 Å². The Bertz CT molecular complexity index is 166. The van der Waals surface area contributed by atoms with Gasteiger partial charge in [-0.15, -0.1) is 0 Å². The van der Waals surface area contributed by atoms with E-state index in [1.165, 1.54) is 44.3 Å². The van der Waals surface area contributed by atoms with Crippen LogP contribution in [0.15, 0.2) is 0 Å². The Morgan fingerprint density at radius 3 is 2.81 bits per heavy atom. The van der Waals surface area contributed by atoms with Gasteiger partial charge in [0, 0.05) is 25.0 Å². The zero-order valence-corrected chi connectivity index (χ0v) is 11.7. The molecule has 1 rings (SSSR count). The molecule has 16 heavy (non-hydrogen) atoms. The average Bonchev–Trinajstić information content (AvgIpc) is 2.51. The van der Waals surface area contributed by atoms with Crippen LogP contribution in [0.1, 0.15) is 45.4 Å². The molecule has 1 fully saturated rings. The lowest BCUT2D eigenvalue weighted by atomic mass is 10.1. The highest BCUT2D eigenvalue weighted by Gasteiger charge is 2.22. The lowest BCUT2D eigenvalue weighted by Crippen LogP contribution is -2.37. The van der Waals surface area contributed by atoms with Gasteiger partial charge >= 0.3 is 0 Å². The molecule has 1 saturated carbocycles. The van der Waals surface area contributed by atoms with Crippen LogP contribution in [0, 0.1) is 0 Å². The maximum absolute atomic E-state index is 5.10. The van der Waals surface area contributed by atoms with Gasteiger partial charge in [-0.3, -0.25) is 0 Å². The predicted molar refractivity (Wildman–Crippen MR) is 73.3 cm³/mol. The van der Waals surface area contributed by atoms with Gasteiger partial charge in [0.05, 0.1) is 0 Å². The van der Waals surface area contributed by atoms with Crippen LogP contribution < -0.4 is 5.32 Å². The number of methoxy groups -OCH3 is 1. The third-order valence-electron chi connectivity index (χ3n) is 3.24. The highest BCUT2D eigenvalue weighted by atomic mass is 32.2. The Morgan fingerprint density at radius 1 is 1.25 bits per heavy atom. The van der Waals surface area contributed by atoms with E-state index in [2.05, 4.69) is 24.0 Å². The van der Waals surface area contributed by atoms with E-state index in [-0.39, 0.29) is 0 Å². The molecule has 0 saturated heterocycles. The first kappa shape index (κ1) is 14.3. The molecule has 1 aliphatic rings. The first-order valence-electron chi connectivity index (χ1n) is 6.72. The molecule has 0 aromatic carbocycles. The van der Waals surface area contributed by atoms with Gasteiger partial charge in [0.1, 0.15) is 0 Å². The Labute approximate surface area is 105 Å². The number of hydrogen-bond acceptors (Lipinski definition) is 3. The van der Waals surface area contributed by atoms with Crippen molar-refractivity contribution in [3.8, 4) is 0 Å². The van der Waals surface area contributed by atoms with Crippen molar-refractivity contribution in [2.75, 3.05) is 26.0 Å². The summed E-state index contributed by atoms with van der Waals surface area (Å²) < 4.78 is 5.10. The van der Waals surface area contributed by atoms with Crippen LogP contribution in [-0.4, -0.2) is 37.3 Å². The highest BCUT2D eigenvalue weighted by molar-refractivity contribution is 7.99. The van der Waals surface area contributed by atoms with Crippen LogP contribution in [0.4, 0.5) is 0 Å². The smallest absolute Gasteiger partial charge is 0.0470 e. The summed E-state index contributed by atoms with van der Waals surface area (Å²) in [5.41, 5.74) is 0. The van der Waals surface area contributed by atoms with E-state index >= 15 is 0 Å². The molecule has 1 aliphatic carbocycles. The fourth-order valence-corrected chi connectivity index (χ4v) is 3.79. The van der Waals surface area contributed by atoms with Crippen LogP contribution in [0.25, 0.3) is 0 Å². The van der Waals surface area contributed by atoms with Crippen molar-refractivity contribution in [1.82, 2.24) is 5.32 Å². The van der Waals surface area contributed by atoms with Crippen LogP contribution in [0.2, 0.25) is 0 Å². The van der Waals surface area contributed by atoms with Crippen molar-refractivity contribution in [3.63, 3.8) is 0 Å². The quantitative estimate of drug-likeness (QED) is 0.550. The van der Waals surface area contributed by atoms with E-state index in [0.29, 0.717) is 0 Å². The van der Waals surface area contributed by atoms with Crippen molar-refractivity contribution in [2.45, 2.75) is 56.7 Å². The molecule has 0 radical (unpaired) electrons. The Hall–Kier alpha value is 0.270. The largest absolute Gasteiger partial charge is 0.385 e. The zero-order chi connectivity index (χ0) is 11.6. The molecular formula is C13H27NOS. The van der Waals surface area contributed by atoms with Gasteiger partial charge in [-0.25, -0.2) is 0 Å². The third-order valence-corrected chi connectivity index (χ3v) is 4.76. The lowest BCUT2D eigenvalue weighted by Gasteiger charge is -2.25. The summed E-state index contributed by atoms with van der Waals surface area (Å²) in [5, 5.41) is 4.50. The molecule has 0 aromatic rings. The van der Waals surface area contributed by atoms with Gasteiger partial charge in [-0.2, -0.15) is 11.8 Å². The molecule has 2 unspecified atom stereocenters. The van der Waals surface area contributed by atoms with Gasteiger partial charge in [0.25, 0.3) is 0 Å². The second kappa shape index (κ2) is 9.32. The highest BCUT2D eigenvalue weighted by Crippen LogP contribution is 2.28. The number of nitrogens with one attached hydrogen (secondary N) is 1. The summed E-state index contributed by atoms with van der Waals surface area (Å²) in [6, 6.07) is 0.750. The minimum absolute atomic E-state index is 0.750. The molecule has 1 N–H and O–H groups in total. The number of rotatable bonds is 7. The van der Waals surface area contributed by atoms with Gasteiger partial charge < -0.3 is 10.1 Å². The molecule has 0 amide bonds. The van der Waals surface area contributed by atoms with Crippen molar-refractivity contribution < 1.29 is 4.74 Å². The normalized spacial score (nSPS) is 26.6. The van der Waals surface area contributed by atoms with E-state index in [1.807, 2.05) is 0 Å². The Morgan fingerprint density at radius 2 is 2.06 bits per heavy atom. The Balaban J connectivity index is 2.26.